The number of nitrogens with two attached hydrogens (primary N) is 1. The van der Waals surface area contributed by atoms with E-state index in [1.807, 2.05) is 0 Å². The number of hydrazine groups is 1. The molecular formula is C10H25N5. The molecule has 0 aliphatic carbocycles. The number of guanidine groups is 1. The van der Waals surface area contributed by atoms with Gasteiger partial charge < -0.3 is 10.2 Å². The fraction of sp³-hybridized carbons (Fsp3) is 0.900. The topological polar surface area (TPSA) is 65.7 Å². The summed E-state index contributed by atoms with van der Waals surface area (Å²) in [5.41, 5.74) is 2.56. The highest BCUT2D eigenvalue weighted by molar-refractivity contribution is 5.79. The summed E-state index contributed by atoms with van der Waals surface area (Å²) in [5, 5.41) is 3.13. The number of nitrogens with zero attached hydrogens (tertiary/aromatic N) is 2. The summed E-state index contributed by atoms with van der Waals surface area (Å²) in [5.74, 6) is 6.01. The van der Waals surface area contributed by atoms with Crippen molar-refractivity contribution < 1.29 is 0 Å². The van der Waals surface area contributed by atoms with Gasteiger partial charge in [0.1, 0.15) is 0 Å². The van der Waals surface area contributed by atoms with E-state index < -0.39 is 0 Å². The predicted octanol–water partition coefficient (Wildman–Crippen LogP) is 0.146. The average molecular weight is 215 g/mol. The van der Waals surface area contributed by atoms with Crippen molar-refractivity contribution in [3.05, 3.63) is 0 Å². The van der Waals surface area contributed by atoms with Crippen LogP contribution < -0.4 is 16.6 Å². The third kappa shape index (κ3) is 7.16. The Labute approximate surface area is 93.1 Å². The van der Waals surface area contributed by atoms with Gasteiger partial charge in [0.2, 0.25) is 5.96 Å². The zero-order chi connectivity index (χ0) is 11.7. The van der Waals surface area contributed by atoms with Gasteiger partial charge in [0, 0.05) is 12.6 Å². The van der Waals surface area contributed by atoms with E-state index in [2.05, 4.69) is 48.3 Å². The molecule has 0 bridgehead atoms. The largest absolute Gasteiger partial charge is 0.353 e. The van der Waals surface area contributed by atoms with Crippen molar-refractivity contribution in [1.82, 2.24) is 15.6 Å². The Morgan fingerprint density at radius 2 is 1.93 bits per heavy atom. The molecule has 0 spiro atoms. The maximum atomic E-state index is 5.35. The van der Waals surface area contributed by atoms with Gasteiger partial charge in [-0.15, -0.1) is 0 Å². The molecule has 0 aromatic carbocycles. The van der Waals surface area contributed by atoms with Gasteiger partial charge in [-0.1, -0.05) is 13.8 Å². The van der Waals surface area contributed by atoms with Gasteiger partial charge in [-0.25, -0.2) is 5.84 Å². The number of hydrogen-bond donors (Lipinski definition) is 3. The van der Waals surface area contributed by atoms with Crippen molar-refractivity contribution in [2.24, 2.45) is 10.8 Å². The summed E-state index contributed by atoms with van der Waals surface area (Å²) < 4.78 is 0. The molecule has 0 atom stereocenters. The highest BCUT2D eigenvalue weighted by Gasteiger charge is 2.00. The highest BCUT2D eigenvalue weighted by Crippen LogP contribution is 1.86. The molecule has 0 aromatic heterocycles. The second kappa shape index (κ2) is 8.49. The molecule has 0 aliphatic rings. The Bertz CT molecular complexity index is 175. The minimum Gasteiger partial charge on any atom is -0.353 e. The molecule has 0 radical (unpaired) electrons. The number of nitrogens with one attached hydrogen (secondary N) is 2. The Kier molecular flexibility index (Phi) is 8.04. The lowest BCUT2D eigenvalue weighted by Crippen LogP contribution is -2.45. The highest BCUT2D eigenvalue weighted by atomic mass is 15.3. The Morgan fingerprint density at radius 3 is 2.33 bits per heavy atom. The van der Waals surface area contributed by atoms with Gasteiger partial charge in [0.05, 0.1) is 6.54 Å². The predicted molar refractivity (Wildman–Crippen MR) is 65.7 cm³/mol. The van der Waals surface area contributed by atoms with Crippen LogP contribution in [0.25, 0.3) is 0 Å². The Balaban J connectivity index is 3.89. The van der Waals surface area contributed by atoms with Crippen molar-refractivity contribution in [2.75, 3.05) is 26.2 Å². The molecule has 5 heteroatoms. The molecule has 0 fully saturated rings. The number of hydrogen-bond acceptors (Lipinski definition) is 3. The molecule has 0 rings (SSSR count). The van der Waals surface area contributed by atoms with Crippen LogP contribution in [0.3, 0.4) is 0 Å². The summed E-state index contributed by atoms with van der Waals surface area (Å²) in [6, 6.07) is 0.341. The Morgan fingerprint density at radius 1 is 1.33 bits per heavy atom. The van der Waals surface area contributed by atoms with E-state index in [1.165, 1.54) is 0 Å². The van der Waals surface area contributed by atoms with E-state index in [9.17, 15) is 0 Å². The van der Waals surface area contributed by atoms with Crippen LogP contribution in [0.15, 0.2) is 4.99 Å². The van der Waals surface area contributed by atoms with Crippen LogP contribution in [0.1, 0.15) is 27.7 Å². The first kappa shape index (κ1) is 14.2. The van der Waals surface area contributed by atoms with Crippen molar-refractivity contribution in [2.45, 2.75) is 33.7 Å². The first-order valence-electron chi connectivity index (χ1n) is 5.63. The van der Waals surface area contributed by atoms with Gasteiger partial charge in [-0.2, -0.15) is 0 Å². The molecule has 90 valence electrons. The van der Waals surface area contributed by atoms with Crippen LogP contribution in [0.2, 0.25) is 0 Å². The average Bonchev–Trinajstić information content (AvgIpc) is 2.22. The lowest BCUT2D eigenvalue weighted by atomic mass is 10.4. The molecular weight excluding hydrogens is 190 g/mol. The molecule has 0 amide bonds. The summed E-state index contributed by atoms with van der Waals surface area (Å²) in [7, 11) is 0. The third-order valence-electron chi connectivity index (χ3n) is 2.14. The summed E-state index contributed by atoms with van der Waals surface area (Å²) in [4.78, 5) is 6.67. The van der Waals surface area contributed by atoms with E-state index in [0.717, 1.165) is 26.2 Å². The first-order valence-corrected chi connectivity index (χ1v) is 5.63. The van der Waals surface area contributed by atoms with Crippen LogP contribution in [-0.2, 0) is 0 Å². The minimum absolute atomic E-state index is 0.341. The standard InChI is InChI=1S/C10H25N5/c1-5-15(6-2)8-7-12-10(14-11)13-9(3)4/h9H,5-8,11H2,1-4H3,(H2,12,13,14). The molecule has 0 saturated heterocycles. The maximum absolute atomic E-state index is 5.35. The first-order chi connectivity index (χ1) is 7.13. The molecule has 0 unspecified atom stereocenters. The molecule has 0 aliphatic heterocycles. The monoisotopic (exact) mass is 215 g/mol. The lowest BCUT2D eigenvalue weighted by Gasteiger charge is -2.17. The van der Waals surface area contributed by atoms with Gasteiger partial charge in [-0.3, -0.25) is 10.4 Å². The quantitative estimate of drug-likeness (QED) is 0.255. The van der Waals surface area contributed by atoms with Crippen molar-refractivity contribution in [1.29, 1.82) is 0 Å². The second-order valence-electron chi connectivity index (χ2n) is 3.70. The van der Waals surface area contributed by atoms with Crippen LogP contribution in [0.4, 0.5) is 0 Å². The summed E-state index contributed by atoms with van der Waals surface area (Å²) in [6.07, 6.45) is 0. The molecule has 0 saturated carbocycles. The second-order valence-corrected chi connectivity index (χ2v) is 3.70. The molecule has 0 aromatic rings. The van der Waals surface area contributed by atoms with E-state index in [-0.39, 0.29) is 0 Å². The van der Waals surface area contributed by atoms with Crippen molar-refractivity contribution in [3.63, 3.8) is 0 Å². The number of aliphatic imine (C=N–C) groups is 1. The van der Waals surface area contributed by atoms with Crippen molar-refractivity contribution in [3.8, 4) is 0 Å². The van der Waals surface area contributed by atoms with Gasteiger partial charge in [0.25, 0.3) is 0 Å². The fourth-order valence-corrected chi connectivity index (χ4v) is 1.25. The smallest absolute Gasteiger partial charge is 0.205 e. The van der Waals surface area contributed by atoms with E-state index in [0.29, 0.717) is 12.0 Å². The summed E-state index contributed by atoms with van der Waals surface area (Å²) in [6.45, 7) is 12.3. The third-order valence-corrected chi connectivity index (χ3v) is 2.14. The van der Waals surface area contributed by atoms with Crippen LogP contribution in [-0.4, -0.2) is 43.1 Å². The van der Waals surface area contributed by atoms with Crippen LogP contribution >= 0.6 is 0 Å². The van der Waals surface area contributed by atoms with Crippen LogP contribution in [0, 0.1) is 0 Å². The summed E-state index contributed by atoms with van der Waals surface area (Å²) >= 11 is 0. The van der Waals surface area contributed by atoms with Gasteiger partial charge in [0.15, 0.2) is 0 Å². The fourth-order valence-electron chi connectivity index (χ4n) is 1.25. The van der Waals surface area contributed by atoms with Gasteiger partial charge >= 0.3 is 0 Å². The molecule has 5 nitrogen and oxygen atoms in total. The van der Waals surface area contributed by atoms with Crippen LogP contribution in [0.5, 0.6) is 0 Å². The minimum atomic E-state index is 0.341. The van der Waals surface area contributed by atoms with Gasteiger partial charge in [-0.05, 0) is 26.9 Å². The molecule has 15 heavy (non-hydrogen) atoms. The zero-order valence-corrected chi connectivity index (χ0v) is 10.4. The van der Waals surface area contributed by atoms with E-state index in [1.54, 1.807) is 0 Å². The molecule has 0 heterocycles. The Hall–Kier alpha value is -0.810. The normalized spacial score (nSPS) is 12.3. The number of likely N-dealkylation sites (N-methyl/N-ethyl adjacent to an activating group) is 1. The maximum Gasteiger partial charge on any atom is 0.205 e. The molecule has 4 N–H and O–H groups in total. The SMILES string of the molecule is CCN(CC)CCN=C(NN)NC(C)C. The lowest BCUT2D eigenvalue weighted by molar-refractivity contribution is 0.313. The van der Waals surface area contributed by atoms with E-state index >= 15 is 0 Å². The van der Waals surface area contributed by atoms with Crippen molar-refractivity contribution >= 4 is 5.96 Å². The zero-order valence-electron chi connectivity index (χ0n) is 10.4. The van der Waals surface area contributed by atoms with E-state index in [4.69, 9.17) is 5.84 Å². The number of rotatable bonds is 6.